The molecule has 0 saturated heterocycles. The molecule has 0 radical (unpaired) electrons. The molecular formula is C24H21ClO4. The number of ether oxygens (including phenoxy) is 2. The highest BCUT2D eigenvalue weighted by Crippen LogP contribution is 2.61. The van der Waals surface area contributed by atoms with Gasteiger partial charge in [-0.3, -0.25) is 0 Å². The lowest BCUT2D eigenvalue weighted by Gasteiger charge is -2.27. The Balaban J connectivity index is 2.09. The SMILES string of the molecule is C=C(C)C(=O)Oc1c2c(c(OC(=O)C(=C)C)c3c(Cl)cccc13)C1C=CC2(C)C1. The van der Waals surface area contributed by atoms with Crippen molar-refractivity contribution >= 4 is 34.3 Å². The lowest BCUT2D eigenvalue weighted by Crippen LogP contribution is -2.19. The Morgan fingerprint density at radius 1 is 1.10 bits per heavy atom. The van der Waals surface area contributed by atoms with E-state index >= 15 is 0 Å². The van der Waals surface area contributed by atoms with Crippen molar-refractivity contribution in [3.05, 3.63) is 70.8 Å². The first-order valence-electron chi connectivity index (χ1n) is 9.37. The molecular weight excluding hydrogens is 388 g/mol. The minimum atomic E-state index is -0.517. The summed E-state index contributed by atoms with van der Waals surface area (Å²) in [7, 11) is 0. The number of benzene rings is 2. The van der Waals surface area contributed by atoms with Crippen molar-refractivity contribution in [2.75, 3.05) is 0 Å². The summed E-state index contributed by atoms with van der Waals surface area (Å²) >= 11 is 6.55. The van der Waals surface area contributed by atoms with Gasteiger partial charge in [0.1, 0.15) is 11.5 Å². The number of hydrogen-bond donors (Lipinski definition) is 0. The zero-order valence-electron chi connectivity index (χ0n) is 16.6. The topological polar surface area (TPSA) is 52.6 Å². The fourth-order valence-electron chi connectivity index (χ4n) is 4.25. The molecule has 0 amide bonds. The van der Waals surface area contributed by atoms with Gasteiger partial charge in [-0.2, -0.15) is 0 Å². The lowest BCUT2D eigenvalue weighted by molar-refractivity contribution is -0.131. The maximum Gasteiger partial charge on any atom is 0.338 e. The van der Waals surface area contributed by atoms with Crippen LogP contribution in [0.4, 0.5) is 0 Å². The maximum absolute atomic E-state index is 12.4. The quantitative estimate of drug-likeness (QED) is 0.279. The first-order valence-corrected chi connectivity index (χ1v) is 9.75. The van der Waals surface area contributed by atoms with Crippen LogP contribution < -0.4 is 9.47 Å². The second kappa shape index (κ2) is 6.60. The first kappa shape index (κ1) is 19.5. The lowest BCUT2D eigenvalue weighted by atomic mass is 9.82. The molecule has 2 aliphatic rings. The Morgan fingerprint density at radius 3 is 2.34 bits per heavy atom. The van der Waals surface area contributed by atoms with Gasteiger partial charge in [0.2, 0.25) is 0 Å². The first-order chi connectivity index (χ1) is 13.6. The number of rotatable bonds is 4. The van der Waals surface area contributed by atoms with Crippen molar-refractivity contribution in [2.24, 2.45) is 0 Å². The third-order valence-electron chi connectivity index (χ3n) is 5.60. The number of carbonyl (C=O) groups is 2. The Hall–Kier alpha value is -2.85. The summed E-state index contributed by atoms with van der Waals surface area (Å²) in [6.45, 7) is 12.7. The van der Waals surface area contributed by atoms with Gasteiger partial charge in [-0.25, -0.2) is 9.59 Å². The molecule has 5 heteroatoms. The molecule has 4 rings (SSSR count). The van der Waals surface area contributed by atoms with Gasteiger partial charge in [-0.1, -0.05) is 56.0 Å². The highest BCUT2D eigenvalue weighted by atomic mass is 35.5. The highest BCUT2D eigenvalue weighted by Gasteiger charge is 2.48. The van der Waals surface area contributed by atoms with Gasteiger partial charge in [0, 0.05) is 44.4 Å². The summed E-state index contributed by atoms with van der Waals surface area (Å²) in [5.74, 6) is -0.102. The van der Waals surface area contributed by atoms with Crippen LogP contribution in [0.2, 0.25) is 5.02 Å². The van der Waals surface area contributed by atoms with E-state index in [1.165, 1.54) is 0 Å². The second-order valence-electron chi connectivity index (χ2n) is 8.04. The smallest absolute Gasteiger partial charge is 0.338 e. The third kappa shape index (κ3) is 2.90. The summed E-state index contributed by atoms with van der Waals surface area (Å²) in [4.78, 5) is 24.9. The molecule has 0 heterocycles. The van der Waals surface area contributed by atoms with E-state index in [1.807, 2.05) is 6.07 Å². The van der Waals surface area contributed by atoms with Crippen LogP contribution in [0.25, 0.3) is 10.8 Å². The number of halogens is 1. The van der Waals surface area contributed by atoms with Gasteiger partial charge >= 0.3 is 11.9 Å². The molecule has 2 atom stereocenters. The summed E-state index contributed by atoms with van der Waals surface area (Å²) in [5, 5.41) is 1.59. The molecule has 0 saturated carbocycles. The minimum Gasteiger partial charge on any atom is -0.422 e. The molecule has 2 unspecified atom stereocenters. The Labute approximate surface area is 174 Å². The van der Waals surface area contributed by atoms with Crippen molar-refractivity contribution in [2.45, 2.75) is 38.5 Å². The fraction of sp³-hybridized carbons (Fsp3) is 0.250. The van der Waals surface area contributed by atoms with Crippen molar-refractivity contribution in [3.63, 3.8) is 0 Å². The van der Waals surface area contributed by atoms with Gasteiger partial charge < -0.3 is 9.47 Å². The third-order valence-corrected chi connectivity index (χ3v) is 5.91. The molecule has 4 nitrogen and oxygen atoms in total. The monoisotopic (exact) mass is 408 g/mol. The van der Waals surface area contributed by atoms with Crippen LogP contribution in [0.3, 0.4) is 0 Å². The molecule has 2 aromatic rings. The van der Waals surface area contributed by atoms with E-state index in [0.717, 1.165) is 17.5 Å². The standard InChI is InChI=1S/C24H21ClO4/c1-12(2)22(26)28-20-15-7-6-8-16(25)18(15)21(29-23(27)13(3)4)17-14-9-10-24(5,11-14)19(17)20/h6-10,14H,1,3,11H2,2,4-5H3. The molecule has 0 spiro atoms. The number of hydrogen-bond acceptors (Lipinski definition) is 4. The fourth-order valence-corrected chi connectivity index (χ4v) is 4.51. The van der Waals surface area contributed by atoms with Gasteiger partial charge in [0.05, 0.1) is 5.02 Å². The highest BCUT2D eigenvalue weighted by molar-refractivity contribution is 6.36. The van der Waals surface area contributed by atoms with Gasteiger partial charge in [0.15, 0.2) is 0 Å². The van der Waals surface area contributed by atoms with Crippen LogP contribution in [0, 0.1) is 0 Å². The Bertz CT molecular complexity index is 1160. The molecule has 2 aliphatic carbocycles. The van der Waals surface area contributed by atoms with Gasteiger partial charge in [0.25, 0.3) is 0 Å². The summed E-state index contributed by atoms with van der Waals surface area (Å²) in [6.07, 6.45) is 5.04. The number of allylic oxidation sites excluding steroid dienone is 2. The predicted octanol–water partition coefficient (Wildman–Crippen LogP) is 5.77. The number of esters is 2. The average Bonchev–Trinajstić information content (AvgIpc) is 3.18. The van der Waals surface area contributed by atoms with Crippen LogP contribution >= 0.6 is 11.6 Å². The molecule has 0 N–H and O–H groups in total. The molecule has 29 heavy (non-hydrogen) atoms. The summed E-state index contributed by atoms with van der Waals surface area (Å²) < 4.78 is 11.6. The largest absolute Gasteiger partial charge is 0.422 e. The van der Waals surface area contributed by atoms with Crippen molar-refractivity contribution in [3.8, 4) is 11.5 Å². The zero-order chi connectivity index (χ0) is 21.1. The molecule has 148 valence electrons. The van der Waals surface area contributed by atoms with Crippen LogP contribution in [0.15, 0.2) is 54.7 Å². The second-order valence-corrected chi connectivity index (χ2v) is 8.44. The summed E-state index contributed by atoms with van der Waals surface area (Å²) in [6, 6.07) is 5.33. The zero-order valence-corrected chi connectivity index (χ0v) is 17.4. The number of carbonyl (C=O) groups excluding carboxylic acids is 2. The van der Waals surface area contributed by atoms with Gasteiger partial charge in [-0.05, 0) is 26.3 Å². The van der Waals surface area contributed by atoms with Crippen LogP contribution in [-0.2, 0) is 15.0 Å². The van der Waals surface area contributed by atoms with E-state index in [0.29, 0.717) is 38.4 Å². The van der Waals surface area contributed by atoms with E-state index in [1.54, 1.807) is 26.0 Å². The number of fused-ring (bicyclic) bond motifs is 6. The van der Waals surface area contributed by atoms with Crippen molar-refractivity contribution in [1.29, 1.82) is 0 Å². The molecule has 0 fully saturated rings. The van der Waals surface area contributed by atoms with E-state index in [4.69, 9.17) is 21.1 Å². The van der Waals surface area contributed by atoms with Crippen LogP contribution in [0.1, 0.15) is 44.2 Å². The maximum atomic E-state index is 12.4. The van der Waals surface area contributed by atoms with E-state index in [9.17, 15) is 9.59 Å². The van der Waals surface area contributed by atoms with Crippen molar-refractivity contribution in [1.82, 2.24) is 0 Å². The average molecular weight is 409 g/mol. The van der Waals surface area contributed by atoms with Crippen molar-refractivity contribution < 1.29 is 19.1 Å². The van der Waals surface area contributed by atoms with E-state index in [-0.39, 0.29) is 11.3 Å². The minimum absolute atomic E-state index is 0.0471. The van der Waals surface area contributed by atoms with E-state index in [2.05, 4.69) is 32.2 Å². The molecule has 2 bridgehead atoms. The molecule has 2 aromatic carbocycles. The Kier molecular flexibility index (Phi) is 4.43. The summed E-state index contributed by atoms with van der Waals surface area (Å²) in [5.41, 5.74) is 1.97. The Morgan fingerprint density at radius 2 is 1.72 bits per heavy atom. The molecule has 0 aromatic heterocycles. The van der Waals surface area contributed by atoms with Gasteiger partial charge in [-0.15, -0.1) is 0 Å². The van der Waals surface area contributed by atoms with Crippen LogP contribution in [0.5, 0.6) is 11.5 Å². The normalized spacial score (nSPS) is 21.2. The predicted molar refractivity (Wildman–Crippen MR) is 114 cm³/mol. The molecule has 0 aliphatic heterocycles. The van der Waals surface area contributed by atoms with Crippen LogP contribution in [-0.4, -0.2) is 11.9 Å². The van der Waals surface area contributed by atoms with E-state index < -0.39 is 11.9 Å².